The average molecular weight is 191 g/mol. The number of halogens is 1. The van der Waals surface area contributed by atoms with Gasteiger partial charge in [0, 0.05) is 6.42 Å². The van der Waals surface area contributed by atoms with E-state index in [1.807, 2.05) is 13.8 Å². The van der Waals surface area contributed by atoms with Crippen LogP contribution >= 0.6 is 11.6 Å². The van der Waals surface area contributed by atoms with Crippen molar-refractivity contribution in [2.75, 3.05) is 0 Å². The maximum absolute atomic E-state index is 11.3. The lowest BCUT2D eigenvalue weighted by atomic mass is 9.70. The zero-order valence-electron chi connectivity index (χ0n) is 7.72. The molecule has 1 aliphatic rings. The molecule has 0 spiro atoms. The van der Waals surface area contributed by atoms with Gasteiger partial charge in [-0.25, -0.2) is 0 Å². The van der Waals surface area contributed by atoms with Gasteiger partial charge in [0.1, 0.15) is 6.10 Å². The largest absolute Gasteiger partial charge is 0.383 e. The molecule has 70 valence electrons. The van der Waals surface area contributed by atoms with Crippen LogP contribution in [0.5, 0.6) is 0 Å². The second kappa shape index (κ2) is 2.71. The minimum atomic E-state index is -0.993. The summed E-state index contributed by atoms with van der Waals surface area (Å²) in [6.45, 7) is 5.72. The topological polar surface area (TPSA) is 37.3 Å². The van der Waals surface area contributed by atoms with Crippen LogP contribution in [-0.2, 0) is 4.79 Å². The molecule has 0 aromatic heterocycles. The van der Waals surface area contributed by atoms with E-state index in [2.05, 4.69) is 0 Å². The summed E-state index contributed by atoms with van der Waals surface area (Å²) in [5.41, 5.74) is -0.0766. The molecular formula is C9H15ClO2. The lowest BCUT2D eigenvalue weighted by Gasteiger charge is -2.41. The zero-order chi connectivity index (χ0) is 9.57. The van der Waals surface area contributed by atoms with Crippen molar-refractivity contribution < 1.29 is 9.90 Å². The van der Waals surface area contributed by atoms with Crippen LogP contribution in [-0.4, -0.2) is 21.9 Å². The number of rotatable bonds is 0. The Hall–Kier alpha value is -0.0800. The maximum Gasteiger partial charge on any atom is 0.163 e. The van der Waals surface area contributed by atoms with Gasteiger partial charge >= 0.3 is 0 Å². The molecule has 3 heteroatoms. The summed E-state index contributed by atoms with van der Waals surface area (Å²) in [6, 6.07) is 0. The van der Waals surface area contributed by atoms with E-state index in [-0.39, 0.29) is 11.2 Å². The fourth-order valence-corrected chi connectivity index (χ4v) is 2.48. The second-order valence-electron chi connectivity index (χ2n) is 4.66. The summed E-state index contributed by atoms with van der Waals surface area (Å²) in [5.74, 6) is -0.135. The summed E-state index contributed by atoms with van der Waals surface area (Å²) >= 11 is 6.03. The standard InChI is InChI=1S/C9H15ClO2/c1-8(2)4-6(11)7(12)9(3,10)5-8/h7,12H,4-5H2,1-3H3/t7-,9-/m0/s1. The third-order valence-electron chi connectivity index (χ3n) is 2.35. The van der Waals surface area contributed by atoms with E-state index in [0.717, 1.165) is 0 Å². The molecule has 0 aromatic rings. The Kier molecular flexibility index (Phi) is 2.26. The molecular weight excluding hydrogens is 176 g/mol. The van der Waals surface area contributed by atoms with Crippen LogP contribution in [0.2, 0.25) is 0 Å². The number of carbonyl (C=O) groups is 1. The van der Waals surface area contributed by atoms with Crippen molar-refractivity contribution in [3.8, 4) is 0 Å². The minimum absolute atomic E-state index is 0.0766. The van der Waals surface area contributed by atoms with E-state index in [4.69, 9.17) is 11.6 Å². The van der Waals surface area contributed by atoms with Crippen molar-refractivity contribution in [1.82, 2.24) is 0 Å². The van der Waals surface area contributed by atoms with Crippen molar-refractivity contribution in [3.63, 3.8) is 0 Å². The van der Waals surface area contributed by atoms with Gasteiger partial charge in [0.05, 0.1) is 4.87 Å². The van der Waals surface area contributed by atoms with Crippen LogP contribution in [0, 0.1) is 5.41 Å². The molecule has 1 N–H and O–H groups in total. The van der Waals surface area contributed by atoms with Crippen molar-refractivity contribution in [2.24, 2.45) is 5.41 Å². The third-order valence-corrected chi connectivity index (χ3v) is 2.69. The van der Waals surface area contributed by atoms with Crippen LogP contribution < -0.4 is 0 Å². The van der Waals surface area contributed by atoms with E-state index < -0.39 is 11.0 Å². The Bertz CT molecular complexity index is 209. The lowest BCUT2D eigenvalue weighted by molar-refractivity contribution is -0.135. The van der Waals surface area contributed by atoms with E-state index in [1.165, 1.54) is 0 Å². The minimum Gasteiger partial charge on any atom is -0.383 e. The summed E-state index contributed by atoms with van der Waals surface area (Å²) in [4.78, 5) is 10.5. The Morgan fingerprint density at radius 1 is 1.50 bits per heavy atom. The lowest BCUT2D eigenvalue weighted by Crippen LogP contribution is -2.49. The van der Waals surface area contributed by atoms with Crippen molar-refractivity contribution >= 4 is 17.4 Å². The highest BCUT2D eigenvalue weighted by molar-refractivity contribution is 6.26. The Balaban J connectivity index is 2.87. The highest BCUT2D eigenvalue weighted by atomic mass is 35.5. The molecule has 1 fully saturated rings. The quantitative estimate of drug-likeness (QED) is 0.591. The highest BCUT2D eigenvalue weighted by Gasteiger charge is 2.46. The van der Waals surface area contributed by atoms with Crippen LogP contribution in [0.3, 0.4) is 0 Å². The van der Waals surface area contributed by atoms with Crippen LogP contribution in [0.15, 0.2) is 0 Å². The van der Waals surface area contributed by atoms with Gasteiger partial charge in [-0.15, -0.1) is 11.6 Å². The van der Waals surface area contributed by atoms with Gasteiger partial charge < -0.3 is 5.11 Å². The van der Waals surface area contributed by atoms with Gasteiger partial charge in [-0.05, 0) is 18.8 Å². The van der Waals surface area contributed by atoms with Gasteiger partial charge in [0.15, 0.2) is 5.78 Å². The zero-order valence-corrected chi connectivity index (χ0v) is 8.48. The highest BCUT2D eigenvalue weighted by Crippen LogP contribution is 2.42. The van der Waals surface area contributed by atoms with Crippen LogP contribution in [0.1, 0.15) is 33.6 Å². The van der Waals surface area contributed by atoms with Crippen LogP contribution in [0.25, 0.3) is 0 Å². The van der Waals surface area contributed by atoms with Gasteiger partial charge in [0.2, 0.25) is 0 Å². The average Bonchev–Trinajstić information content (AvgIpc) is 1.79. The number of hydrogen-bond acceptors (Lipinski definition) is 2. The van der Waals surface area contributed by atoms with Crippen molar-refractivity contribution in [2.45, 2.75) is 44.6 Å². The maximum atomic E-state index is 11.3. The van der Waals surface area contributed by atoms with E-state index >= 15 is 0 Å². The van der Waals surface area contributed by atoms with Gasteiger partial charge in [-0.3, -0.25) is 4.79 Å². The number of Topliss-reactive ketones (excluding diaryl/α,β-unsaturated/α-hetero) is 1. The molecule has 1 saturated carbocycles. The Morgan fingerprint density at radius 3 is 2.42 bits per heavy atom. The normalized spacial score (nSPS) is 41.4. The van der Waals surface area contributed by atoms with E-state index in [1.54, 1.807) is 6.92 Å². The molecule has 0 unspecified atom stereocenters. The summed E-state index contributed by atoms with van der Waals surface area (Å²) in [5, 5.41) is 9.46. The third kappa shape index (κ3) is 1.80. The first-order valence-electron chi connectivity index (χ1n) is 4.14. The second-order valence-corrected chi connectivity index (χ2v) is 5.53. The molecule has 0 radical (unpaired) electrons. The van der Waals surface area contributed by atoms with Gasteiger partial charge in [-0.2, -0.15) is 0 Å². The smallest absolute Gasteiger partial charge is 0.163 e. The SMILES string of the molecule is CC1(C)CC(=O)[C@H](O)[C@@](C)(Cl)C1. The fourth-order valence-electron chi connectivity index (χ4n) is 2.00. The Morgan fingerprint density at radius 2 is 2.00 bits per heavy atom. The molecule has 0 aliphatic heterocycles. The van der Waals surface area contributed by atoms with Gasteiger partial charge in [-0.1, -0.05) is 13.8 Å². The van der Waals surface area contributed by atoms with Gasteiger partial charge in [0.25, 0.3) is 0 Å². The molecule has 1 rings (SSSR count). The number of aliphatic hydroxyl groups excluding tert-OH is 1. The first-order valence-corrected chi connectivity index (χ1v) is 4.52. The summed E-state index contributed by atoms with van der Waals surface area (Å²) < 4.78 is 0. The Labute approximate surface area is 77.9 Å². The molecule has 0 bridgehead atoms. The number of ketones is 1. The van der Waals surface area contributed by atoms with Crippen molar-refractivity contribution in [3.05, 3.63) is 0 Å². The molecule has 0 amide bonds. The predicted molar refractivity (Wildman–Crippen MR) is 48.3 cm³/mol. The monoisotopic (exact) mass is 190 g/mol. The summed E-state index contributed by atoms with van der Waals surface area (Å²) in [7, 11) is 0. The molecule has 1 aliphatic carbocycles. The molecule has 0 aromatic carbocycles. The number of carbonyl (C=O) groups excluding carboxylic acids is 1. The summed E-state index contributed by atoms with van der Waals surface area (Å²) in [6.07, 6.45) is 0.109. The molecule has 2 atom stereocenters. The van der Waals surface area contributed by atoms with E-state index in [9.17, 15) is 9.90 Å². The molecule has 12 heavy (non-hydrogen) atoms. The van der Waals surface area contributed by atoms with E-state index in [0.29, 0.717) is 12.8 Å². The predicted octanol–water partition coefficient (Wildman–Crippen LogP) is 1.73. The first kappa shape index (κ1) is 10.0. The molecule has 0 saturated heterocycles. The first-order chi connectivity index (χ1) is 5.25. The molecule has 2 nitrogen and oxygen atoms in total. The number of aliphatic hydroxyl groups is 1. The number of alkyl halides is 1. The fraction of sp³-hybridized carbons (Fsp3) is 0.889. The van der Waals surface area contributed by atoms with Crippen LogP contribution in [0.4, 0.5) is 0 Å². The number of hydrogen-bond donors (Lipinski definition) is 1. The van der Waals surface area contributed by atoms with Crippen molar-refractivity contribution in [1.29, 1.82) is 0 Å². The molecule has 0 heterocycles.